The zero-order chi connectivity index (χ0) is 19.4. The Hall–Kier alpha value is -2.58. The van der Waals surface area contributed by atoms with Crippen molar-refractivity contribution in [3.8, 4) is 5.75 Å². The van der Waals surface area contributed by atoms with Crippen molar-refractivity contribution in [3.63, 3.8) is 0 Å². The van der Waals surface area contributed by atoms with E-state index in [0.717, 1.165) is 0 Å². The molecule has 1 saturated heterocycles. The Balaban J connectivity index is 1.67. The number of amides is 1. The zero-order valence-corrected chi connectivity index (χ0v) is 16.0. The summed E-state index contributed by atoms with van der Waals surface area (Å²) in [4.78, 5) is 14.5. The van der Waals surface area contributed by atoms with Crippen LogP contribution >= 0.6 is 0 Å². The second-order valence-corrected chi connectivity index (χ2v) is 8.13. The number of nitrogens with two attached hydrogens (primary N) is 1. The SMILES string of the molecule is CCOc1ccc(S(=O)(=O)N2CCN(C(=O)c3ccccc3N)CC2)cc1. The van der Waals surface area contributed by atoms with Crippen LogP contribution in [0.1, 0.15) is 17.3 Å². The molecule has 144 valence electrons. The molecule has 7 nitrogen and oxygen atoms in total. The summed E-state index contributed by atoms with van der Waals surface area (Å²) in [7, 11) is -3.60. The van der Waals surface area contributed by atoms with Gasteiger partial charge in [0.2, 0.25) is 10.0 Å². The summed E-state index contributed by atoms with van der Waals surface area (Å²) in [5.41, 5.74) is 6.74. The molecule has 1 heterocycles. The smallest absolute Gasteiger partial charge is 0.256 e. The van der Waals surface area contributed by atoms with E-state index in [9.17, 15) is 13.2 Å². The summed E-state index contributed by atoms with van der Waals surface area (Å²) in [6.07, 6.45) is 0. The number of rotatable bonds is 5. The molecule has 2 aromatic carbocycles. The van der Waals surface area contributed by atoms with Gasteiger partial charge in [0.1, 0.15) is 5.75 Å². The first-order valence-corrected chi connectivity index (χ1v) is 10.2. The average Bonchev–Trinajstić information content (AvgIpc) is 2.69. The molecular formula is C19H23N3O4S. The number of carbonyl (C=O) groups excluding carboxylic acids is 1. The number of nitrogen functional groups attached to an aromatic ring is 1. The van der Waals surface area contributed by atoms with Crippen molar-refractivity contribution >= 4 is 21.6 Å². The van der Waals surface area contributed by atoms with Gasteiger partial charge in [0.15, 0.2) is 0 Å². The number of hydrogen-bond donors (Lipinski definition) is 1. The van der Waals surface area contributed by atoms with Crippen LogP contribution in [0.3, 0.4) is 0 Å². The molecule has 0 radical (unpaired) electrons. The van der Waals surface area contributed by atoms with Crippen LogP contribution in [0.4, 0.5) is 5.69 Å². The van der Waals surface area contributed by atoms with Crippen LogP contribution in [0.5, 0.6) is 5.75 Å². The van der Waals surface area contributed by atoms with Gasteiger partial charge in [-0.15, -0.1) is 0 Å². The van der Waals surface area contributed by atoms with Crippen molar-refractivity contribution in [2.75, 3.05) is 38.5 Å². The Morgan fingerprint density at radius 2 is 1.67 bits per heavy atom. The average molecular weight is 389 g/mol. The summed E-state index contributed by atoms with van der Waals surface area (Å²) < 4.78 is 32.4. The van der Waals surface area contributed by atoms with Crippen LogP contribution in [0, 0.1) is 0 Å². The van der Waals surface area contributed by atoms with Crippen molar-refractivity contribution < 1.29 is 17.9 Å². The predicted octanol–water partition coefficient (Wildman–Crippen LogP) is 1.81. The van der Waals surface area contributed by atoms with Gasteiger partial charge in [-0.2, -0.15) is 4.31 Å². The van der Waals surface area contributed by atoms with E-state index < -0.39 is 10.0 Å². The minimum absolute atomic E-state index is 0.175. The van der Waals surface area contributed by atoms with E-state index in [1.165, 1.54) is 4.31 Å². The minimum Gasteiger partial charge on any atom is -0.494 e. The number of benzene rings is 2. The molecule has 0 aromatic heterocycles. The second kappa shape index (κ2) is 7.98. The fourth-order valence-corrected chi connectivity index (χ4v) is 4.44. The van der Waals surface area contributed by atoms with Gasteiger partial charge in [0.05, 0.1) is 17.1 Å². The van der Waals surface area contributed by atoms with Gasteiger partial charge in [0.25, 0.3) is 5.91 Å². The molecule has 0 spiro atoms. The first kappa shape index (κ1) is 19.2. The lowest BCUT2D eigenvalue weighted by atomic mass is 10.1. The van der Waals surface area contributed by atoms with Crippen LogP contribution in [-0.4, -0.2) is 56.3 Å². The molecule has 3 rings (SSSR count). The first-order chi connectivity index (χ1) is 12.9. The van der Waals surface area contributed by atoms with E-state index in [4.69, 9.17) is 10.5 Å². The van der Waals surface area contributed by atoms with E-state index in [1.54, 1.807) is 53.4 Å². The van der Waals surface area contributed by atoms with Gasteiger partial charge in [-0.1, -0.05) is 12.1 Å². The lowest BCUT2D eigenvalue weighted by Gasteiger charge is -2.34. The number of ether oxygens (including phenoxy) is 1. The maximum Gasteiger partial charge on any atom is 0.256 e. The normalized spacial score (nSPS) is 15.5. The van der Waals surface area contributed by atoms with E-state index in [1.807, 2.05) is 6.92 Å². The van der Waals surface area contributed by atoms with Crippen molar-refractivity contribution in [3.05, 3.63) is 54.1 Å². The van der Waals surface area contributed by atoms with Gasteiger partial charge in [0, 0.05) is 31.9 Å². The topological polar surface area (TPSA) is 92.9 Å². The van der Waals surface area contributed by atoms with Gasteiger partial charge in [-0.05, 0) is 43.3 Å². The molecule has 1 aliphatic heterocycles. The Morgan fingerprint density at radius 1 is 1.04 bits per heavy atom. The highest BCUT2D eigenvalue weighted by atomic mass is 32.2. The molecule has 0 bridgehead atoms. The number of sulfonamides is 1. The van der Waals surface area contributed by atoms with Crippen molar-refractivity contribution in [1.29, 1.82) is 0 Å². The highest BCUT2D eigenvalue weighted by molar-refractivity contribution is 7.89. The molecule has 27 heavy (non-hydrogen) atoms. The van der Waals surface area contributed by atoms with Gasteiger partial charge >= 0.3 is 0 Å². The maximum absolute atomic E-state index is 12.8. The largest absolute Gasteiger partial charge is 0.494 e. The highest BCUT2D eigenvalue weighted by Crippen LogP contribution is 2.22. The monoisotopic (exact) mass is 389 g/mol. The molecule has 2 N–H and O–H groups in total. The quantitative estimate of drug-likeness (QED) is 0.788. The standard InChI is InChI=1S/C19H23N3O4S/c1-2-26-15-7-9-16(10-8-15)27(24,25)22-13-11-21(12-14-22)19(23)17-5-3-4-6-18(17)20/h3-10H,2,11-14,20H2,1H3. The van der Waals surface area contributed by atoms with E-state index >= 15 is 0 Å². The number of para-hydroxylation sites is 1. The third-order valence-electron chi connectivity index (χ3n) is 4.49. The van der Waals surface area contributed by atoms with Crippen LogP contribution in [0.15, 0.2) is 53.4 Å². The summed E-state index contributed by atoms with van der Waals surface area (Å²) in [5, 5.41) is 0. The fraction of sp³-hybridized carbons (Fsp3) is 0.316. The molecule has 0 unspecified atom stereocenters. The molecule has 1 amide bonds. The summed E-state index contributed by atoms with van der Waals surface area (Å²) in [6, 6.07) is 13.3. The number of piperazine rings is 1. The lowest BCUT2D eigenvalue weighted by Crippen LogP contribution is -2.50. The number of nitrogens with zero attached hydrogens (tertiary/aromatic N) is 2. The molecular weight excluding hydrogens is 366 g/mol. The molecule has 0 aliphatic carbocycles. The van der Waals surface area contributed by atoms with E-state index in [0.29, 0.717) is 36.7 Å². The predicted molar refractivity (Wildman–Crippen MR) is 103 cm³/mol. The summed E-state index contributed by atoms with van der Waals surface area (Å²) in [5.74, 6) is 0.457. The Labute approximate surface area is 159 Å². The minimum atomic E-state index is -3.60. The maximum atomic E-state index is 12.8. The van der Waals surface area contributed by atoms with Gasteiger partial charge in [-0.25, -0.2) is 8.42 Å². The number of hydrogen-bond acceptors (Lipinski definition) is 5. The Morgan fingerprint density at radius 3 is 2.26 bits per heavy atom. The number of carbonyl (C=O) groups is 1. The fourth-order valence-electron chi connectivity index (χ4n) is 3.02. The van der Waals surface area contributed by atoms with Crippen molar-refractivity contribution in [1.82, 2.24) is 9.21 Å². The summed E-state index contributed by atoms with van der Waals surface area (Å²) >= 11 is 0. The van der Waals surface area contributed by atoms with Crippen molar-refractivity contribution in [2.24, 2.45) is 0 Å². The second-order valence-electron chi connectivity index (χ2n) is 6.19. The summed E-state index contributed by atoms with van der Waals surface area (Å²) in [6.45, 7) is 3.53. The number of anilines is 1. The molecule has 0 saturated carbocycles. The molecule has 1 fully saturated rings. The molecule has 0 atom stereocenters. The highest BCUT2D eigenvalue weighted by Gasteiger charge is 2.30. The zero-order valence-electron chi connectivity index (χ0n) is 15.2. The Kier molecular flexibility index (Phi) is 5.67. The van der Waals surface area contributed by atoms with Crippen LogP contribution < -0.4 is 10.5 Å². The van der Waals surface area contributed by atoms with Crippen LogP contribution in [-0.2, 0) is 10.0 Å². The molecule has 1 aliphatic rings. The molecule has 8 heteroatoms. The molecule has 2 aromatic rings. The van der Waals surface area contributed by atoms with Crippen LogP contribution in [0.25, 0.3) is 0 Å². The first-order valence-electron chi connectivity index (χ1n) is 8.80. The van der Waals surface area contributed by atoms with Crippen LogP contribution in [0.2, 0.25) is 0 Å². The van der Waals surface area contributed by atoms with E-state index in [2.05, 4.69) is 0 Å². The van der Waals surface area contributed by atoms with Crippen molar-refractivity contribution in [2.45, 2.75) is 11.8 Å². The lowest BCUT2D eigenvalue weighted by molar-refractivity contribution is 0.0699. The van der Waals surface area contributed by atoms with Gasteiger partial charge < -0.3 is 15.4 Å². The van der Waals surface area contributed by atoms with E-state index in [-0.39, 0.29) is 23.9 Å². The third-order valence-corrected chi connectivity index (χ3v) is 6.40. The Bertz CT molecular complexity index is 905. The van der Waals surface area contributed by atoms with Gasteiger partial charge in [-0.3, -0.25) is 4.79 Å². The third kappa shape index (κ3) is 4.06.